The summed E-state index contributed by atoms with van der Waals surface area (Å²) in [7, 11) is 0. The fourth-order valence-corrected chi connectivity index (χ4v) is 4.86. The molecule has 2 aliphatic heterocycles. The van der Waals surface area contributed by atoms with Gasteiger partial charge in [0.25, 0.3) is 0 Å². The van der Waals surface area contributed by atoms with E-state index < -0.39 is 0 Å². The van der Waals surface area contributed by atoms with Gasteiger partial charge in [-0.1, -0.05) is 6.92 Å². The third-order valence-electron chi connectivity index (χ3n) is 5.91. The number of benzene rings is 1. The van der Waals surface area contributed by atoms with Crippen LogP contribution in [0.1, 0.15) is 43.9 Å². The van der Waals surface area contributed by atoms with E-state index in [1.54, 1.807) is 18.5 Å². The zero-order valence-electron chi connectivity index (χ0n) is 15.5. The van der Waals surface area contributed by atoms with Crippen LogP contribution in [-0.4, -0.2) is 23.2 Å². The minimum atomic E-state index is -0.227. The summed E-state index contributed by atoms with van der Waals surface area (Å²) in [6, 6.07) is 3.69. The molecule has 3 nitrogen and oxygen atoms in total. The summed E-state index contributed by atoms with van der Waals surface area (Å²) in [5, 5.41) is 3.50. The Balaban J connectivity index is 1.96. The van der Waals surface area contributed by atoms with Crippen LogP contribution in [0, 0.1) is 19.7 Å². The summed E-state index contributed by atoms with van der Waals surface area (Å²) < 4.78 is 21.1. The van der Waals surface area contributed by atoms with Gasteiger partial charge in [0.1, 0.15) is 5.82 Å². The predicted octanol–water partition coefficient (Wildman–Crippen LogP) is 4.76. The van der Waals surface area contributed by atoms with Crippen molar-refractivity contribution in [2.24, 2.45) is 0 Å². The maximum absolute atomic E-state index is 15.1. The Hall–Kier alpha value is -1.94. The number of hydrogen-bond acceptors (Lipinski definition) is 3. The number of fused-ring (bicyclic) bond motifs is 3. The van der Waals surface area contributed by atoms with Crippen molar-refractivity contribution < 1.29 is 9.13 Å². The molecule has 4 heteroatoms. The van der Waals surface area contributed by atoms with E-state index in [2.05, 4.69) is 31.1 Å². The van der Waals surface area contributed by atoms with Gasteiger partial charge in [-0.05, 0) is 68.5 Å². The smallest absolute Gasteiger partial charge is 0.133 e. The van der Waals surface area contributed by atoms with Crippen LogP contribution in [0.2, 0.25) is 0 Å². The van der Waals surface area contributed by atoms with E-state index in [9.17, 15) is 0 Å². The number of halogens is 1. The molecule has 1 aromatic heterocycles. The highest BCUT2D eigenvalue weighted by atomic mass is 19.1. The molecule has 0 radical (unpaired) electrons. The molecule has 1 N–H and O–H groups in total. The number of rotatable bonds is 1. The zero-order chi connectivity index (χ0) is 18.0. The fraction of sp³-hybridized carbons (Fsp3) is 0.476. The third-order valence-corrected chi connectivity index (χ3v) is 5.91. The van der Waals surface area contributed by atoms with Crippen molar-refractivity contribution in [2.75, 3.05) is 11.9 Å². The third kappa shape index (κ3) is 2.30. The summed E-state index contributed by atoms with van der Waals surface area (Å²) in [6.45, 7) is 11.2. The predicted molar refractivity (Wildman–Crippen MR) is 98.5 cm³/mol. The maximum Gasteiger partial charge on any atom is 0.133 e. The highest BCUT2D eigenvalue weighted by Crippen LogP contribution is 2.51. The standard InChI is InChI=1S/C21H25FN2O/c1-12-10-23-11-13(2)18(12)14-8-15-17(9-16(14)22)24-20(3,4)19-21(15,5)6-7-25-19/h8-11,19,24H,6-7H2,1-5H3. The topological polar surface area (TPSA) is 34.2 Å². The van der Waals surface area contributed by atoms with Gasteiger partial charge in [0.15, 0.2) is 0 Å². The Bertz CT molecular complexity index is 841. The van der Waals surface area contributed by atoms with Crippen molar-refractivity contribution in [1.29, 1.82) is 0 Å². The van der Waals surface area contributed by atoms with Crippen LogP contribution in [0.5, 0.6) is 0 Å². The maximum atomic E-state index is 15.1. The molecule has 0 saturated carbocycles. The molecular formula is C21H25FN2O. The minimum Gasteiger partial charge on any atom is -0.377 e. The van der Waals surface area contributed by atoms with E-state index >= 15 is 4.39 Å². The Kier molecular flexibility index (Phi) is 3.49. The Labute approximate surface area is 148 Å². The first-order valence-electron chi connectivity index (χ1n) is 8.89. The summed E-state index contributed by atoms with van der Waals surface area (Å²) in [6.07, 6.45) is 4.62. The van der Waals surface area contributed by atoms with E-state index in [0.717, 1.165) is 41.0 Å². The van der Waals surface area contributed by atoms with Crippen molar-refractivity contribution in [1.82, 2.24) is 4.98 Å². The normalized spacial score (nSPS) is 26.7. The van der Waals surface area contributed by atoms with Gasteiger partial charge in [0.05, 0.1) is 11.6 Å². The van der Waals surface area contributed by atoms with Crippen molar-refractivity contribution >= 4 is 5.69 Å². The van der Waals surface area contributed by atoms with Crippen molar-refractivity contribution in [3.63, 3.8) is 0 Å². The SMILES string of the molecule is Cc1cncc(C)c1-c1cc2c(cc1F)NC(C)(C)C1OCCC21C. The molecule has 3 heterocycles. The van der Waals surface area contributed by atoms with Crippen LogP contribution in [0.25, 0.3) is 11.1 Å². The molecule has 0 spiro atoms. The van der Waals surface area contributed by atoms with Crippen LogP contribution in [0.15, 0.2) is 24.5 Å². The first-order valence-corrected chi connectivity index (χ1v) is 8.89. The minimum absolute atomic E-state index is 0.0745. The van der Waals surface area contributed by atoms with Crippen LogP contribution >= 0.6 is 0 Å². The first-order chi connectivity index (χ1) is 11.7. The average Bonchev–Trinajstić information content (AvgIpc) is 2.92. The van der Waals surface area contributed by atoms with Gasteiger partial charge in [0, 0.05) is 35.7 Å². The summed E-state index contributed by atoms with van der Waals surface area (Å²) in [5.74, 6) is -0.194. The van der Waals surface area contributed by atoms with E-state index in [1.165, 1.54) is 0 Å². The summed E-state index contributed by atoms with van der Waals surface area (Å²) in [5.41, 5.74) is 5.29. The van der Waals surface area contributed by atoms with Crippen LogP contribution in [-0.2, 0) is 10.2 Å². The highest BCUT2D eigenvalue weighted by molar-refractivity contribution is 5.76. The molecule has 0 amide bonds. The number of pyridine rings is 1. The van der Waals surface area contributed by atoms with Gasteiger partial charge in [-0.2, -0.15) is 0 Å². The molecule has 2 atom stereocenters. The fourth-order valence-electron chi connectivity index (χ4n) is 4.86. The van der Waals surface area contributed by atoms with E-state index in [0.29, 0.717) is 5.56 Å². The summed E-state index contributed by atoms with van der Waals surface area (Å²) in [4.78, 5) is 4.22. The van der Waals surface area contributed by atoms with Crippen molar-refractivity contribution in [3.05, 3.63) is 47.0 Å². The Morgan fingerprint density at radius 3 is 2.52 bits per heavy atom. The highest BCUT2D eigenvalue weighted by Gasteiger charge is 2.53. The number of aromatic nitrogens is 1. The van der Waals surface area contributed by atoms with E-state index in [-0.39, 0.29) is 22.9 Å². The second-order valence-corrected chi connectivity index (χ2v) is 8.29. The first kappa shape index (κ1) is 16.5. The van der Waals surface area contributed by atoms with Crippen LogP contribution < -0.4 is 5.32 Å². The van der Waals surface area contributed by atoms with E-state index in [4.69, 9.17) is 4.74 Å². The number of nitrogens with zero attached hydrogens (tertiary/aromatic N) is 1. The van der Waals surface area contributed by atoms with Gasteiger partial charge >= 0.3 is 0 Å². The molecular weight excluding hydrogens is 315 g/mol. The number of ether oxygens (including phenoxy) is 1. The van der Waals surface area contributed by atoms with Crippen LogP contribution in [0.4, 0.5) is 10.1 Å². The Morgan fingerprint density at radius 2 is 1.84 bits per heavy atom. The molecule has 2 aliphatic rings. The van der Waals surface area contributed by atoms with Gasteiger partial charge in [-0.25, -0.2) is 4.39 Å². The van der Waals surface area contributed by atoms with Gasteiger partial charge in [-0.15, -0.1) is 0 Å². The molecule has 0 bridgehead atoms. The molecule has 2 aromatic rings. The second kappa shape index (κ2) is 5.28. The largest absolute Gasteiger partial charge is 0.377 e. The van der Waals surface area contributed by atoms with Gasteiger partial charge < -0.3 is 10.1 Å². The molecule has 1 saturated heterocycles. The lowest BCUT2D eigenvalue weighted by Gasteiger charge is -2.48. The molecule has 1 aromatic carbocycles. The van der Waals surface area contributed by atoms with Crippen molar-refractivity contribution in [2.45, 2.75) is 58.1 Å². The molecule has 4 rings (SSSR count). The Morgan fingerprint density at radius 1 is 1.16 bits per heavy atom. The number of hydrogen-bond donors (Lipinski definition) is 1. The lowest BCUT2D eigenvalue weighted by atomic mass is 9.66. The number of nitrogens with one attached hydrogen (secondary N) is 1. The van der Waals surface area contributed by atoms with Crippen LogP contribution in [0.3, 0.4) is 0 Å². The molecule has 0 aliphatic carbocycles. The monoisotopic (exact) mass is 340 g/mol. The number of anilines is 1. The molecule has 1 fully saturated rings. The molecule has 132 valence electrons. The van der Waals surface area contributed by atoms with Crippen molar-refractivity contribution in [3.8, 4) is 11.1 Å². The van der Waals surface area contributed by atoms with Gasteiger partial charge in [0.2, 0.25) is 0 Å². The second-order valence-electron chi connectivity index (χ2n) is 8.29. The molecule has 2 unspecified atom stereocenters. The number of aryl methyl sites for hydroxylation is 2. The lowest BCUT2D eigenvalue weighted by molar-refractivity contribution is 0.0352. The average molecular weight is 340 g/mol. The molecule has 25 heavy (non-hydrogen) atoms. The lowest BCUT2D eigenvalue weighted by Crippen LogP contribution is -2.56. The zero-order valence-corrected chi connectivity index (χ0v) is 15.5. The quantitative estimate of drug-likeness (QED) is 0.813. The van der Waals surface area contributed by atoms with E-state index in [1.807, 2.05) is 19.9 Å². The van der Waals surface area contributed by atoms with Gasteiger partial charge in [-0.3, -0.25) is 4.98 Å². The summed E-state index contributed by atoms with van der Waals surface area (Å²) >= 11 is 0.